The molecule has 152 valence electrons. The number of piperazine rings is 1. The summed E-state index contributed by atoms with van der Waals surface area (Å²) in [6.45, 7) is 4.25. The lowest BCUT2D eigenvalue weighted by atomic mass is 10.1. The Bertz CT molecular complexity index is 929. The molecule has 4 rings (SSSR count). The Morgan fingerprint density at radius 2 is 1.62 bits per heavy atom. The molecule has 29 heavy (non-hydrogen) atoms. The summed E-state index contributed by atoms with van der Waals surface area (Å²) in [7, 11) is 0. The van der Waals surface area contributed by atoms with E-state index in [0.29, 0.717) is 44.1 Å². The number of amides is 3. The summed E-state index contributed by atoms with van der Waals surface area (Å²) in [6.07, 6.45) is 2.67. The zero-order valence-corrected chi connectivity index (χ0v) is 16.6. The molecule has 0 spiro atoms. The topological polar surface area (TPSA) is 87.5 Å². The second-order valence-corrected chi connectivity index (χ2v) is 7.46. The number of carbonyl (C=O) groups is 3. The minimum Gasteiger partial charge on any atom is -0.339 e. The fourth-order valence-electron chi connectivity index (χ4n) is 3.97. The molecule has 1 fully saturated rings. The van der Waals surface area contributed by atoms with Crippen molar-refractivity contribution in [2.75, 3.05) is 31.5 Å². The van der Waals surface area contributed by atoms with Crippen molar-refractivity contribution < 1.29 is 14.4 Å². The molecule has 0 atom stereocenters. The standard InChI is InChI=1S/C21H25N5O3/c1-15(27)24-11-13-25(14-12-24)21(29)18-17-9-5-6-10-26(17)19(23-18)20(28)22-16-7-3-2-4-8-16/h2-4,7-8H,5-6,9-14H2,1H3,(H,22,28). The van der Waals surface area contributed by atoms with Gasteiger partial charge in [-0.2, -0.15) is 0 Å². The van der Waals surface area contributed by atoms with Gasteiger partial charge in [0.05, 0.1) is 5.69 Å². The first-order chi connectivity index (χ1) is 14.0. The number of carbonyl (C=O) groups excluding carboxylic acids is 3. The van der Waals surface area contributed by atoms with Crippen LogP contribution in [0.2, 0.25) is 0 Å². The zero-order chi connectivity index (χ0) is 20.4. The minimum absolute atomic E-state index is 0.0244. The van der Waals surface area contributed by atoms with Crippen LogP contribution in [0.5, 0.6) is 0 Å². The molecule has 2 aliphatic heterocycles. The number of para-hydroxylation sites is 1. The highest BCUT2D eigenvalue weighted by Gasteiger charge is 2.31. The van der Waals surface area contributed by atoms with Gasteiger partial charge in [0.15, 0.2) is 5.82 Å². The van der Waals surface area contributed by atoms with Gasteiger partial charge in [-0.15, -0.1) is 0 Å². The van der Waals surface area contributed by atoms with E-state index in [4.69, 9.17) is 0 Å². The molecule has 1 saturated heterocycles. The smallest absolute Gasteiger partial charge is 0.291 e. The lowest BCUT2D eigenvalue weighted by molar-refractivity contribution is -0.130. The number of benzene rings is 1. The van der Waals surface area contributed by atoms with Gasteiger partial charge in [-0.1, -0.05) is 18.2 Å². The first-order valence-electron chi connectivity index (χ1n) is 10.0. The van der Waals surface area contributed by atoms with E-state index in [0.717, 1.165) is 25.0 Å². The molecule has 8 heteroatoms. The van der Waals surface area contributed by atoms with Crippen molar-refractivity contribution in [3.05, 3.63) is 47.5 Å². The van der Waals surface area contributed by atoms with Gasteiger partial charge in [-0.25, -0.2) is 4.98 Å². The SMILES string of the molecule is CC(=O)N1CCN(C(=O)c2nc(C(=O)Nc3ccccc3)n3c2CCCC3)CC1. The maximum atomic E-state index is 13.2. The third kappa shape index (κ3) is 3.87. The quantitative estimate of drug-likeness (QED) is 0.858. The molecule has 1 aromatic heterocycles. The van der Waals surface area contributed by atoms with Crippen molar-refractivity contribution >= 4 is 23.4 Å². The van der Waals surface area contributed by atoms with Gasteiger partial charge < -0.3 is 19.7 Å². The van der Waals surface area contributed by atoms with E-state index in [9.17, 15) is 14.4 Å². The number of hydrogen-bond donors (Lipinski definition) is 1. The van der Waals surface area contributed by atoms with Gasteiger partial charge in [0.1, 0.15) is 5.69 Å². The normalized spacial score (nSPS) is 16.3. The second kappa shape index (κ2) is 8.06. The predicted molar refractivity (Wildman–Crippen MR) is 108 cm³/mol. The third-order valence-corrected chi connectivity index (χ3v) is 5.57. The van der Waals surface area contributed by atoms with Crippen molar-refractivity contribution in [1.82, 2.24) is 19.4 Å². The van der Waals surface area contributed by atoms with Crippen LogP contribution < -0.4 is 5.32 Å². The number of hydrogen-bond acceptors (Lipinski definition) is 4. The van der Waals surface area contributed by atoms with E-state index < -0.39 is 0 Å². The fraction of sp³-hybridized carbons (Fsp3) is 0.429. The molecular formula is C21H25N5O3. The lowest BCUT2D eigenvalue weighted by Crippen LogP contribution is -2.50. The van der Waals surface area contributed by atoms with Crippen LogP contribution in [0.15, 0.2) is 30.3 Å². The van der Waals surface area contributed by atoms with Crippen LogP contribution in [0.4, 0.5) is 5.69 Å². The van der Waals surface area contributed by atoms with Crippen LogP contribution in [0.3, 0.4) is 0 Å². The van der Waals surface area contributed by atoms with Gasteiger partial charge in [-0.05, 0) is 31.4 Å². The van der Waals surface area contributed by atoms with Crippen molar-refractivity contribution in [2.45, 2.75) is 32.7 Å². The highest BCUT2D eigenvalue weighted by atomic mass is 16.2. The summed E-state index contributed by atoms with van der Waals surface area (Å²) in [6, 6.07) is 9.23. The van der Waals surface area contributed by atoms with E-state index in [1.54, 1.807) is 16.7 Å². The Hall–Kier alpha value is -3.16. The molecule has 3 heterocycles. The average molecular weight is 395 g/mol. The fourth-order valence-corrected chi connectivity index (χ4v) is 3.97. The van der Waals surface area contributed by atoms with E-state index >= 15 is 0 Å². The van der Waals surface area contributed by atoms with Crippen molar-refractivity contribution in [3.8, 4) is 0 Å². The first kappa shape index (κ1) is 19.2. The Labute approximate surface area is 169 Å². The molecule has 1 aromatic carbocycles. The van der Waals surface area contributed by atoms with Gasteiger partial charge in [0.2, 0.25) is 5.91 Å². The number of nitrogens with one attached hydrogen (secondary N) is 1. The molecule has 0 unspecified atom stereocenters. The Morgan fingerprint density at radius 1 is 0.931 bits per heavy atom. The summed E-state index contributed by atoms with van der Waals surface area (Å²) in [5, 5.41) is 2.87. The highest BCUT2D eigenvalue weighted by molar-refractivity contribution is 6.03. The van der Waals surface area contributed by atoms with E-state index in [-0.39, 0.29) is 23.5 Å². The molecule has 0 aliphatic carbocycles. The number of rotatable bonds is 3. The summed E-state index contributed by atoms with van der Waals surface area (Å²) in [4.78, 5) is 45.5. The molecule has 1 N–H and O–H groups in total. The van der Waals surface area contributed by atoms with Crippen LogP contribution in [0.1, 0.15) is 46.6 Å². The number of imidazole rings is 1. The van der Waals surface area contributed by atoms with E-state index in [1.165, 1.54) is 0 Å². The van der Waals surface area contributed by atoms with Crippen LogP contribution in [-0.2, 0) is 17.8 Å². The van der Waals surface area contributed by atoms with Crippen LogP contribution in [0, 0.1) is 0 Å². The Kier molecular flexibility index (Phi) is 5.33. The summed E-state index contributed by atoms with van der Waals surface area (Å²) in [5.74, 6) is -0.150. The molecule has 0 radical (unpaired) electrons. The van der Waals surface area contributed by atoms with Gasteiger partial charge in [-0.3, -0.25) is 14.4 Å². The molecular weight excluding hydrogens is 370 g/mol. The van der Waals surface area contributed by atoms with E-state index in [1.807, 2.05) is 34.9 Å². The number of anilines is 1. The highest BCUT2D eigenvalue weighted by Crippen LogP contribution is 2.23. The Morgan fingerprint density at radius 3 is 2.31 bits per heavy atom. The summed E-state index contributed by atoms with van der Waals surface area (Å²) >= 11 is 0. The molecule has 0 bridgehead atoms. The van der Waals surface area contributed by atoms with Crippen molar-refractivity contribution in [3.63, 3.8) is 0 Å². The first-order valence-corrected chi connectivity index (χ1v) is 10.0. The van der Waals surface area contributed by atoms with Gasteiger partial charge in [0, 0.05) is 45.3 Å². The summed E-state index contributed by atoms with van der Waals surface area (Å²) < 4.78 is 1.89. The second-order valence-electron chi connectivity index (χ2n) is 7.46. The van der Waals surface area contributed by atoms with Gasteiger partial charge >= 0.3 is 0 Å². The Balaban J connectivity index is 1.57. The largest absolute Gasteiger partial charge is 0.339 e. The average Bonchev–Trinajstić information content (AvgIpc) is 3.14. The van der Waals surface area contributed by atoms with Crippen LogP contribution >= 0.6 is 0 Å². The molecule has 2 aliphatic rings. The van der Waals surface area contributed by atoms with E-state index in [2.05, 4.69) is 10.3 Å². The molecule has 3 amide bonds. The zero-order valence-electron chi connectivity index (χ0n) is 16.6. The number of fused-ring (bicyclic) bond motifs is 1. The maximum absolute atomic E-state index is 13.2. The van der Waals surface area contributed by atoms with Gasteiger partial charge in [0.25, 0.3) is 11.8 Å². The molecule has 0 saturated carbocycles. The number of nitrogens with zero attached hydrogens (tertiary/aromatic N) is 4. The van der Waals surface area contributed by atoms with Crippen molar-refractivity contribution in [1.29, 1.82) is 0 Å². The predicted octanol–water partition coefficient (Wildman–Crippen LogP) is 1.78. The maximum Gasteiger partial charge on any atom is 0.291 e. The third-order valence-electron chi connectivity index (χ3n) is 5.57. The van der Waals surface area contributed by atoms with Crippen LogP contribution in [0.25, 0.3) is 0 Å². The van der Waals surface area contributed by atoms with Crippen LogP contribution in [-0.4, -0.2) is 63.3 Å². The lowest BCUT2D eigenvalue weighted by Gasteiger charge is -2.34. The summed E-state index contributed by atoms with van der Waals surface area (Å²) in [5.41, 5.74) is 1.91. The monoisotopic (exact) mass is 395 g/mol. The number of aromatic nitrogens is 2. The minimum atomic E-state index is -0.306. The molecule has 2 aromatic rings. The molecule has 8 nitrogen and oxygen atoms in total. The van der Waals surface area contributed by atoms with Crippen molar-refractivity contribution in [2.24, 2.45) is 0 Å².